The highest BCUT2D eigenvalue weighted by atomic mass is 35.5. The number of ether oxygens (including phenoxy) is 1. The lowest BCUT2D eigenvalue weighted by atomic mass is 10.0. The van der Waals surface area contributed by atoms with Gasteiger partial charge in [-0.05, 0) is 62.1 Å². The topological polar surface area (TPSA) is 58.6 Å². The van der Waals surface area contributed by atoms with Crippen molar-refractivity contribution in [3.8, 4) is 5.75 Å². The molecule has 3 aromatic carbocycles. The van der Waals surface area contributed by atoms with Crippen molar-refractivity contribution in [2.24, 2.45) is 0 Å². The number of carbonyl (C=O) groups is 2. The molecule has 5 nitrogen and oxygen atoms in total. The van der Waals surface area contributed by atoms with E-state index in [1.807, 2.05) is 94.4 Å². The van der Waals surface area contributed by atoms with E-state index in [1.54, 1.807) is 11.0 Å². The van der Waals surface area contributed by atoms with Crippen LogP contribution in [0.3, 0.4) is 0 Å². The van der Waals surface area contributed by atoms with Gasteiger partial charge in [0.2, 0.25) is 5.91 Å². The van der Waals surface area contributed by atoms with Gasteiger partial charge in [0.1, 0.15) is 11.8 Å². The summed E-state index contributed by atoms with van der Waals surface area (Å²) in [6, 6.07) is 22.0. The lowest BCUT2D eigenvalue weighted by Gasteiger charge is -2.32. The van der Waals surface area contributed by atoms with E-state index in [9.17, 15) is 9.59 Å². The molecule has 35 heavy (non-hydrogen) atoms. The first-order chi connectivity index (χ1) is 16.8. The lowest BCUT2D eigenvalue weighted by molar-refractivity contribution is -0.143. The Morgan fingerprint density at radius 2 is 1.63 bits per heavy atom. The highest BCUT2D eigenvalue weighted by Gasteiger charge is 2.31. The minimum absolute atomic E-state index is 0.0655. The fraction of sp³-hybridized carbons (Fsp3) is 0.310. The van der Waals surface area contributed by atoms with E-state index in [0.717, 1.165) is 22.3 Å². The lowest BCUT2D eigenvalue weighted by Crippen LogP contribution is -2.52. The normalized spacial score (nSPS) is 11.7. The Morgan fingerprint density at radius 3 is 2.31 bits per heavy atom. The molecule has 0 unspecified atom stereocenters. The molecular formula is C29H33ClN2O3. The molecule has 1 atom stereocenters. The van der Waals surface area contributed by atoms with Crippen LogP contribution >= 0.6 is 11.6 Å². The number of halogens is 1. The van der Waals surface area contributed by atoms with E-state index < -0.39 is 6.04 Å². The molecule has 6 heteroatoms. The van der Waals surface area contributed by atoms with Gasteiger partial charge in [0.25, 0.3) is 5.91 Å². The van der Waals surface area contributed by atoms with E-state index in [2.05, 4.69) is 5.32 Å². The smallest absolute Gasteiger partial charge is 0.261 e. The molecule has 0 aromatic heterocycles. The maximum atomic E-state index is 13.6. The molecule has 0 saturated carbocycles. The monoisotopic (exact) mass is 492 g/mol. The minimum Gasteiger partial charge on any atom is -0.483 e. The predicted molar refractivity (Wildman–Crippen MR) is 141 cm³/mol. The fourth-order valence-electron chi connectivity index (χ4n) is 3.85. The van der Waals surface area contributed by atoms with Crippen molar-refractivity contribution in [1.29, 1.82) is 0 Å². The summed E-state index contributed by atoms with van der Waals surface area (Å²) in [5, 5.41) is 3.53. The number of aryl methyl sites for hydroxylation is 1. The molecule has 1 N–H and O–H groups in total. The summed E-state index contributed by atoms with van der Waals surface area (Å²) in [4.78, 5) is 28.6. The van der Waals surface area contributed by atoms with Crippen molar-refractivity contribution in [2.75, 3.05) is 6.61 Å². The zero-order chi connectivity index (χ0) is 25.4. The van der Waals surface area contributed by atoms with Crippen LogP contribution in [-0.4, -0.2) is 35.4 Å². The first-order valence-corrected chi connectivity index (χ1v) is 12.2. The Labute approximate surface area is 213 Å². The SMILES string of the molecule is Cc1cccc(OCC(=O)N(Cc2ccccc2Cl)[C@H](Cc2ccccc2)C(=O)NC(C)C)c1C. The zero-order valence-corrected chi connectivity index (χ0v) is 21.5. The van der Waals surface area contributed by atoms with Crippen LogP contribution in [0.4, 0.5) is 0 Å². The third kappa shape index (κ3) is 7.33. The number of nitrogens with zero attached hydrogens (tertiary/aromatic N) is 1. The largest absolute Gasteiger partial charge is 0.483 e. The summed E-state index contributed by atoms with van der Waals surface area (Å²) >= 11 is 6.44. The van der Waals surface area contributed by atoms with Gasteiger partial charge < -0.3 is 15.0 Å². The van der Waals surface area contributed by atoms with E-state index in [4.69, 9.17) is 16.3 Å². The van der Waals surface area contributed by atoms with E-state index in [-0.39, 0.29) is 31.0 Å². The number of carbonyl (C=O) groups excluding carboxylic acids is 2. The highest BCUT2D eigenvalue weighted by Crippen LogP contribution is 2.23. The summed E-state index contributed by atoms with van der Waals surface area (Å²) < 4.78 is 5.93. The Balaban J connectivity index is 1.94. The first-order valence-electron chi connectivity index (χ1n) is 11.8. The Kier molecular flexibility index (Phi) is 9.32. The molecule has 0 spiro atoms. The predicted octanol–water partition coefficient (Wildman–Crippen LogP) is 5.50. The average molecular weight is 493 g/mol. The van der Waals surface area contributed by atoms with Gasteiger partial charge in [-0.3, -0.25) is 9.59 Å². The van der Waals surface area contributed by atoms with E-state index >= 15 is 0 Å². The highest BCUT2D eigenvalue weighted by molar-refractivity contribution is 6.31. The van der Waals surface area contributed by atoms with Crippen molar-refractivity contribution in [3.63, 3.8) is 0 Å². The van der Waals surface area contributed by atoms with Crippen LogP contribution < -0.4 is 10.1 Å². The third-order valence-electron chi connectivity index (χ3n) is 5.91. The van der Waals surface area contributed by atoms with Gasteiger partial charge in [-0.15, -0.1) is 0 Å². The maximum absolute atomic E-state index is 13.6. The van der Waals surface area contributed by atoms with Crippen LogP contribution in [0.15, 0.2) is 72.8 Å². The Bertz CT molecular complexity index is 1150. The van der Waals surface area contributed by atoms with Crippen LogP contribution in [0.1, 0.15) is 36.1 Å². The van der Waals surface area contributed by atoms with Gasteiger partial charge in [-0.1, -0.05) is 72.3 Å². The summed E-state index contributed by atoms with van der Waals surface area (Å²) in [5.41, 5.74) is 3.80. The quantitative estimate of drug-likeness (QED) is 0.406. The molecule has 0 aliphatic rings. The Hall–Kier alpha value is -3.31. The molecule has 0 aliphatic carbocycles. The zero-order valence-electron chi connectivity index (χ0n) is 20.8. The molecule has 0 fully saturated rings. The van der Waals surface area contributed by atoms with Crippen LogP contribution in [0.2, 0.25) is 5.02 Å². The average Bonchev–Trinajstić information content (AvgIpc) is 2.83. The van der Waals surface area contributed by atoms with Gasteiger partial charge in [0.15, 0.2) is 6.61 Å². The first kappa shape index (κ1) is 26.3. The molecular weight excluding hydrogens is 460 g/mol. The molecule has 184 valence electrons. The standard InChI is InChI=1S/C29H33ClN2O3/c1-20(2)31-29(34)26(17-23-12-6-5-7-13-23)32(18-24-14-8-9-15-25(24)30)28(33)19-35-27-16-10-11-21(3)22(27)4/h5-16,20,26H,17-19H2,1-4H3,(H,31,34)/t26-/m1/s1. The van der Waals surface area contributed by atoms with Crippen molar-refractivity contribution in [3.05, 3.63) is 100 Å². The number of hydrogen-bond donors (Lipinski definition) is 1. The molecule has 0 heterocycles. The maximum Gasteiger partial charge on any atom is 0.261 e. The van der Waals surface area contributed by atoms with Crippen molar-refractivity contribution < 1.29 is 14.3 Å². The molecule has 0 aliphatic heterocycles. The van der Waals surface area contributed by atoms with Crippen molar-refractivity contribution in [1.82, 2.24) is 10.2 Å². The summed E-state index contributed by atoms with van der Waals surface area (Å²) in [5.74, 6) is 0.156. The summed E-state index contributed by atoms with van der Waals surface area (Å²) in [7, 11) is 0. The number of rotatable bonds is 10. The summed E-state index contributed by atoms with van der Waals surface area (Å²) in [6.45, 7) is 7.78. The molecule has 0 radical (unpaired) electrons. The molecule has 3 rings (SSSR count). The van der Waals surface area contributed by atoms with Gasteiger partial charge in [0, 0.05) is 24.0 Å². The summed E-state index contributed by atoms with van der Waals surface area (Å²) in [6.07, 6.45) is 0.374. The van der Waals surface area contributed by atoms with Gasteiger partial charge in [0.05, 0.1) is 0 Å². The van der Waals surface area contributed by atoms with Crippen LogP contribution in [0, 0.1) is 13.8 Å². The molecule has 0 saturated heterocycles. The van der Waals surface area contributed by atoms with Crippen LogP contribution in [0.25, 0.3) is 0 Å². The van der Waals surface area contributed by atoms with Crippen molar-refractivity contribution in [2.45, 2.75) is 52.7 Å². The number of nitrogens with one attached hydrogen (secondary N) is 1. The third-order valence-corrected chi connectivity index (χ3v) is 6.28. The van der Waals surface area contributed by atoms with Gasteiger partial charge in [-0.25, -0.2) is 0 Å². The molecule has 3 aromatic rings. The number of benzene rings is 3. The van der Waals surface area contributed by atoms with Crippen LogP contribution in [-0.2, 0) is 22.6 Å². The minimum atomic E-state index is -0.731. The van der Waals surface area contributed by atoms with Crippen molar-refractivity contribution >= 4 is 23.4 Å². The molecule has 0 bridgehead atoms. The Morgan fingerprint density at radius 1 is 0.943 bits per heavy atom. The number of amides is 2. The van der Waals surface area contributed by atoms with Gasteiger partial charge in [-0.2, -0.15) is 0 Å². The van der Waals surface area contributed by atoms with Gasteiger partial charge >= 0.3 is 0 Å². The second-order valence-electron chi connectivity index (χ2n) is 8.97. The fourth-order valence-corrected chi connectivity index (χ4v) is 4.04. The molecule has 2 amide bonds. The number of hydrogen-bond acceptors (Lipinski definition) is 3. The second kappa shape index (κ2) is 12.4. The van der Waals surface area contributed by atoms with Crippen LogP contribution in [0.5, 0.6) is 5.75 Å². The second-order valence-corrected chi connectivity index (χ2v) is 9.38. The van der Waals surface area contributed by atoms with E-state index in [1.165, 1.54) is 0 Å². The van der Waals surface area contributed by atoms with E-state index in [0.29, 0.717) is 17.2 Å².